The lowest BCUT2D eigenvalue weighted by Crippen LogP contribution is -2.33. The smallest absolute Gasteiger partial charge is 0.264 e. The van der Waals surface area contributed by atoms with Crippen LogP contribution in [-0.2, 0) is 24.8 Å². The zero-order valence-electron chi connectivity index (χ0n) is 14.1. The molecule has 8 heteroatoms. The topological polar surface area (TPSA) is 91.0 Å². The number of carbonyl (C=O) groups excluding carboxylic acids is 1. The number of hydrogen-bond acceptors (Lipinski definition) is 5. The molecule has 0 aliphatic heterocycles. The van der Waals surface area contributed by atoms with Crippen LogP contribution in [0, 0.1) is 0 Å². The molecule has 0 bridgehead atoms. The van der Waals surface area contributed by atoms with E-state index < -0.39 is 0 Å². The van der Waals surface area contributed by atoms with Crippen molar-refractivity contribution in [1.82, 2.24) is 24.6 Å². The minimum absolute atomic E-state index is 0.0702. The molecule has 0 saturated carbocycles. The second-order valence-corrected chi connectivity index (χ2v) is 5.63. The summed E-state index contributed by atoms with van der Waals surface area (Å²) in [4.78, 5) is 28.5. The minimum Gasteiger partial charge on any atom is -0.497 e. The lowest BCUT2D eigenvalue weighted by molar-refractivity contribution is -0.121. The number of aromatic nitrogens is 4. The molecule has 0 fully saturated rings. The SMILES string of the molecule is COc1ccc(CCNC(=O)Cn2cnc3c(cnn3C)c2=O)cc1. The van der Waals surface area contributed by atoms with Crippen molar-refractivity contribution in [3.8, 4) is 5.75 Å². The lowest BCUT2D eigenvalue weighted by atomic mass is 10.1. The molecule has 130 valence electrons. The van der Waals surface area contributed by atoms with Gasteiger partial charge in [-0.3, -0.25) is 18.8 Å². The minimum atomic E-state index is -0.275. The first-order valence-electron chi connectivity index (χ1n) is 7.85. The molecule has 0 spiro atoms. The summed E-state index contributed by atoms with van der Waals surface area (Å²) in [7, 11) is 3.33. The van der Waals surface area contributed by atoms with Gasteiger partial charge in [-0.25, -0.2) is 4.98 Å². The fourth-order valence-corrected chi connectivity index (χ4v) is 2.53. The molecule has 0 radical (unpaired) electrons. The summed E-state index contributed by atoms with van der Waals surface area (Å²) >= 11 is 0. The Morgan fingerprint density at radius 1 is 1.28 bits per heavy atom. The number of nitrogens with one attached hydrogen (secondary N) is 1. The van der Waals surface area contributed by atoms with Crippen molar-refractivity contribution in [3.05, 3.63) is 52.7 Å². The third-order valence-corrected chi connectivity index (χ3v) is 3.93. The number of benzene rings is 1. The van der Waals surface area contributed by atoms with Gasteiger partial charge < -0.3 is 10.1 Å². The van der Waals surface area contributed by atoms with Crippen LogP contribution in [0.5, 0.6) is 5.75 Å². The molecule has 1 aromatic carbocycles. The standard InChI is InChI=1S/C17H19N5O3/c1-21-16-14(9-20-21)17(24)22(11-19-16)10-15(23)18-8-7-12-3-5-13(25-2)6-4-12/h3-6,9,11H,7-8,10H2,1-2H3,(H,18,23). The highest BCUT2D eigenvalue weighted by Gasteiger charge is 2.10. The zero-order chi connectivity index (χ0) is 17.8. The van der Waals surface area contributed by atoms with Gasteiger partial charge >= 0.3 is 0 Å². The van der Waals surface area contributed by atoms with E-state index >= 15 is 0 Å². The van der Waals surface area contributed by atoms with Gasteiger partial charge in [-0.05, 0) is 24.1 Å². The van der Waals surface area contributed by atoms with Crippen molar-refractivity contribution in [2.45, 2.75) is 13.0 Å². The normalized spacial score (nSPS) is 10.8. The van der Waals surface area contributed by atoms with Gasteiger partial charge in [0.15, 0.2) is 5.65 Å². The maximum Gasteiger partial charge on any atom is 0.264 e. The zero-order valence-corrected chi connectivity index (χ0v) is 14.1. The van der Waals surface area contributed by atoms with Gasteiger partial charge in [-0.15, -0.1) is 0 Å². The van der Waals surface area contributed by atoms with E-state index in [1.165, 1.54) is 21.8 Å². The van der Waals surface area contributed by atoms with Crippen LogP contribution in [0.3, 0.4) is 0 Å². The third kappa shape index (κ3) is 3.68. The maximum absolute atomic E-state index is 12.3. The number of carbonyl (C=O) groups is 1. The van der Waals surface area contributed by atoms with Crippen LogP contribution in [-0.4, -0.2) is 38.9 Å². The Morgan fingerprint density at radius 2 is 2.04 bits per heavy atom. The molecule has 0 aliphatic carbocycles. The van der Waals surface area contributed by atoms with Crippen molar-refractivity contribution in [3.63, 3.8) is 0 Å². The number of methoxy groups -OCH3 is 1. The van der Waals surface area contributed by atoms with E-state index in [4.69, 9.17) is 4.74 Å². The summed E-state index contributed by atoms with van der Waals surface area (Å²) in [6.07, 6.45) is 3.53. The van der Waals surface area contributed by atoms with Crippen molar-refractivity contribution in [2.24, 2.45) is 7.05 Å². The molecular weight excluding hydrogens is 322 g/mol. The number of ether oxygens (including phenoxy) is 1. The highest BCUT2D eigenvalue weighted by molar-refractivity contribution is 5.77. The largest absolute Gasteiger partial charge is 0.497 e. The molecule has 1 N–H and O–H groups in total. The van der Waals surface area contributed by atoms with Gasteiger partial charge in [-0.1, -0.05) is 12.1 Å². The predicted octanol–water partition coefficient (Wildman–Crippen LogP) is 0.497. The van der Waals surface area contributed by atoms with Gasteiger partial charge in [-0.2, -0.15) is 5.10 Å². The number of hydrogen-bond donors (Lipinski definition) is 1. The average Bonchev–Trinajstić information content (AvgIpc) is 3.00. The number of amides is 1. The quantitative estimate of drug-likeness (QED) is 0.705. The molecule has 2 aromatic heterocycles. The van der Waals surface area contributed by atoms with Crippen molar-refractivity contribution < 1.29 is 9.53 Å². The van der Waals surface area contributed by atoms with Crippen LogP contribution in [0.2, 0.25) is 0 Å². The Hall–Kier alpha value is -3.16. The van der Waals surface area contributed by atoms with Crippen LogP contribution in [0.25, 0.3) is 11.0 Å². The summed E-state index contributed by atoms with van der Waals surface area (Å²) in [5.41, 5.74) is 1.32. The first-order valence-corrected chi connectivity index (χ1v) is 7.85. The van der Waals surface area contributed by atoms with E-state index in [9.17, 15) is 9.59 Å². The Bertz CT molecular complexity index is 943. The highest BCUT2D eigenvalue weighted by Crippen LogP contribution is 2.11. The van der Waals surface area contributed by atoms with E-state index in [1.54, 1.807) is 14.2 Å². The maximum atomic E-state index is 12.3. The first kappa shape index (κ1) is 16.7. The summed E-state index contributed by atoms with van der Waals surface area (Å²) in [6, 6.07) is 7.67. The Labute approximate surface area is 144 Å². The van der Waals surface area contributed by atoms with E-state index in [1.807, 2.05) is 24.3 Å². The second kappa shape index (κ2) is 7.16. The van der Waals surface area contributed by atoms with E-state index in [2.05, 4.69) is 15.4 Å². The summed E-state index contributed by atoms with van der Waals surface area (Å²) < 4.78 is 7.92. The van der Waals surface area contributed by atoms with Crippen LogP contribution in [0.1, 0.15) is 5.56 Å². The summed E-state index contributed by atoms with van der Waals surface area (Å²) in [5.74, 6) is 0.561. The number of aryl methyl sites for hydroxylation is 1. The molecule has 2 heterocycles. The number of nitrogens with zero attached hydrogens (tertiary/aromatic N) is 4. The van der Waals surface area contributed by atoms with E-state index in [0.717, 1.165) is 11.3 Å². The van der Waals surface area contributed by atoms with Gasteiger partial charge in [0, 0.05) is 13.6 Å². The monoisotopic (exact) mass is 341 g/mol. The fraction of sp³-hybridized carbons (Fsp3) is 0.294. The van der Waals surface area contributed by atoms with Crippen LogP contribution in [0.15, 0.2) is 41.6 Å². The summed E-state index contributed by atoms with van der Waals surface area (Å²) in [6.45, 7) is 0.418. The highest BCUT2D eigenvalue weighted by atomic mass is 16.5. The first-order chi connectivity index (χ1) is 12.1. The third-order valence-electron chi connectivity index (χ3n) is 3.93. The lowest BCUT2D eigenvalue weighted by Gasteiger charge is -2.08. The molecule has 3 aromatic rings. The Kier molecular flexibility index (Phi) is 4.78. The number of rotatable bonds is 6. The summed E-state index contributed by atoms with van der Waals surface area (Å²) in [5, 5.41) is 7.21. The second-order valence-electron chi connectivity index (χ2n) is 5.63. The molecule has 0 atom stereocenters. The molecule has 0 aliphatic rings. The molecule has 25 heavy (non-hydrogen) atoms. The van der Waals surface area contributed by atoms with E-state index in [-0.39, 0.29) is 18.0 Å². The van der Waals surface area contributed by atoms with Crippen molar-refractivity contribution >= 4 is 16.9 Å². The van der Waals surface area contributed by atoms with Gasteiger partial charge in [0.05, 0.1) is 13.3 Å². The molecular formula is C17H19N5O3. The molecule has 1 amide bonds. The van der Waals surface area contributed by atoms with Crippen LogP contribution < -0.4 is 15.6 Å². The van der Waals surface area contributed by atoms with Crippen molar-refractivity contribution in [1.29, 1.82) is 0 Å². The Morgan fingerprint density at radius 3 is 2.76 bits per heavy atom. The average molecular weight is 341 g/mol. The number of fused-ring (bicyclic) bond motifs is 1. The Balaban J connectivity index is 1.57. The molecule has 3 rings (SSSR count). The molecule has 8 nitrogen and oxygen atoms in total. The predicted molar refractivity (Wildman–Crippen MR) is 92.5 cm³/mol. The van der Waals surface area contributed by atoms with Crippen LogP contribution in [0.4, 0.5) is 0 Å². The van der Waals surface area contributed by atoms with E-state index in [0.29, 0.717) is 24.0 Å². The van der Waals surface area contributed by atoms with Gasteiger partial charge in [0.2, 0.25) is 5.91 Å². The van der Waals surface area contributed by atoms with Gasteiger partial charge in [0.1, 0.15) is 24.0 Å². The van der Waals surface area contributed by atoms with Crippen LogP contribution >= 0.6 is 0 Å². The van der Waals surface area contributed by atoms with Gasteiger partial charge in [0.25, 0.3) is 5.56 Å². The molecule has 0 saturated heterocycles. The molecule has 0 unspecified atom stereocenters. The fourth-order valence-electron chi connectivity index (χ4n) is 2.53. The van der Waals surface area contributed by atoms with Crippen molar-refractivity contribution in [2.75, 3.05) is 13.7 Å².